The van der Waals surface area contributed by atoms with Gasteiger partial charge in [-0.3, -0.25) is 9.59 Å². The predicted octanol–water partition coefficient (Wildman–Crippen LogP) is 6.07. The van der Waals surface area contributed by atoms with Crippen LogP contribution in [0.25, 0.3) is 10.9 Å². The number of ether oxygens (including phenoxy) is 2. The van der Waals surface area contributed by atoms with E-state index in [1.54, 1.807) is 4.90 Å². The number of rotatable bonds is 5. The van der Waals surface area contributed by atoms with Crippen LogP contribution in [0, 0.1) is 6.92 Å². The van der Waals surface area contributed by atoms with E-state index in [4.69, 9.17) is 9.47 Å². The van der Waals surface area contributed by atoms with Crippen molar-refractivity contribution in [2.75, 3.05) is 6.79 Å². The Morgan fingerprint density at radius 2 is 1.71 bits per heavy atom. The van der Waals surface area contributed by atoms with Gasteiger partial charge in [-0.25, -0.2) is 0 Å². The van der Waals surface area contributed by atoms with E-state index in [0.29, 0.717) is 23.7 Å². The second-order valence-corrected chi connectivity index (χ2v) is 11.6. The highest BCUT2D eigenvalue weighted by Crippen LogP contribution is 2.42. The number of nitrogens with one attached hydrogen (secondary N) is 1. The van der Waals surface area contributed by atoms with Gasteiger partial charge in [-0.1, -0.05) is 74.2 Å². The number of hydrogen-bond donors (Lipinski definition) is 1. The summed E-state index contributed by atoms with van der Waals surface area (Å²) in [5, 5.41) is 4.43. The van der Waals surface area contributed by atoms with Crippen molar-refractivity contribution >= 4 is 22.7 Å². The molecule has 3 aromatic carbocycles. The van der Waals surface area contributed by atoms with Crippen LogP contribution in [0.15, 0.2) is 72.8 Å². The number of amides is 2. The first-order valence-electron chi connectivity index (χ1n) is 14.7. The van der Waals surface area contributed by atoms with Gasteiger partial charge in [0.25, 0.3) is 11.8 Å². The zero-order valence-electron chi connectivity index (χ0n) is 23.4. The zero-order valence-corrected chi connectivity index (χ0v) is 23.4. The lowest BCUT2D eigenvalue weighted by Gasteiger charge is -2.47. The van der Waals surface area contributed by atoms with Crippen molar-refractivity contribution in [2.24, 2.45) is 0 Å². The van der Waals surface area contributed by atoms with Crippen LogP contribution in [0.3, 0.4) is 0 Å². The highest BCUT2D eigenvalue weighted by atomic mass is 16.7. The van der Waals surface area contributed by atoms with E-state index in [1.807, 2.05) is 54.6 Å². The number of carbonyl (C=O) groups excluding carboxylic acids is 2. The maximum absolute atomic E-state index is 14.8. The van der Waals surface area contributed by atoms with Gasteiger partial charge >= 0.3 is 0 Å². The fourth-order valence-corrected chi connectivity index (χ4v) is 6.78. The van der Waals surface area contributed by atoms with Gasteiger partial charge in [0.05, 0.1) is 6.54 Å². The van der Waals surface area contributed by atoms with E-state index < -0.39 is 5.54 Å². The second-order valence-electron chi connectivity index (χ2n) is 11.6. The van der Waals surface area contributed by atoms with Crippen molar-refractivity contribution in [3.63, 3.8) is 0 Å². The van der Waals surface area contributed by atoms with Crippen LogP contribution in [-0.2, 0) is 23.4 Å². The van der Waals surface area contributed by atoms with Crippen molar-refractivity contribution in [1.82, 2.24) is 14.8 Å². The molecule has 7 nitrogen and oxygen atoms in total. The van der Waals surface area contributed by atoms with E-state index in [0.717, 1.165) is 53.3 Å². The lowest BCUT2D eigenvalue weighted by atomic mass is 9.83. The van der Waals surface area contributed by atoms with E-state index in [9.17, 15) is 9.59 Å². The summed E-state index contributed by atoms with van der Waals surface area (Å²) in [5.41, 5.74) is 3.12. The number of carbonyl (C=O) groups is 2. The Morgan fingerprint density at radius 3 is 2.51 bits per heavy atom. The van der Waals surface area contributed by atoms with Crippen molar-refractivity contribution in [2.45, 2.75) is 70.1 Å². The van der Waals surface area contributed by atoms with Crippen molar-refractivity contribution in [3.05, 3.63) is 95.2 Å². The standard InChI is InChI=1S/C34H35N3O4/c1-23-13-15-25-19-29-32(38)37(20-24-14-16-30-31(18-24)41-22-40-30)34(21-36(29)28(25)17-23,26-9-5-4-6-10-26)33(39)35-27-11-7-2-3-8-12-27/h4-6,9-10,13-19,27H,2-3,7-8,11-12,20-22H2,1H3,(H,35,39). The number of hydrogen-bond acceptors (Lipinski definition) is 4. The number of nitrogens with zero attached hydrogens (tertiary/aromatic N) is 2. The van der Waals surface area contributed by atoms with Gasteiger partial charge in [-0.05, 0) is 60.7 Å². The quantitative estimate of drug-likeness (QED) is 0.307. The SMILES string of the molecule is Cc1ccc2cc3n(c2c1)CC(C(=O)NC1CCCCCC1)(c1ccccc1)N(Cc1ccc2c(c1)OCO2)C3=O. The molecule has 1 unspecified atom stereocenters. The first-order chi connectivity index (χ1) is 20.0. The fraction of sp³-hybridized carbons (Fsp3) is 0.353. The van der Waals surface area contributed by atoms with Gasteiger partial charge in [-0.2, -0.15) is 0 Å². The van der Waals surface area contributed by atoms with Crippen LogP contribution in [0.2, 0.25) is 0 Å². The first kappa shape index (κ1) is 25.7. The second kappa shape index (κ2) is 10.3. The normalized spacial score (nSPS) is 20.6. The summed E-state index contributed by atoms with van der Waals surface area (Å²) in [5.74, 6) is 1.06. The third-order valence-corrected chi connectivity index (χ3v) is 8.97. The zero-order chi connectivity index (χ0) is 28.0. The average molecular weight is 550 g/mol. The highest BCUT2D eigenvalue weighted by Gasteiger charge is 2.53. The Labute approximate surface area is 240 Å². The largest absolute Gasteiger partial charge is 0.454 e. The minimum Gasteiger partial charge on any atom is -0.454 e. The molecule has 0 bridgehead atoms. The van der Waals surface area contributed by atoms with Gasteiger partial charge in [0.2, 0.25) is 6.79 Å². The Bertz CT molecular complexity index is 1620. The summed E-state index contributed by atoms with van der Waals surface area (Å²) in [6.07, 6.45) is 6.53. The molecule has 1 aliphatic carbocycles. The molecule has 0 spiro atoms. The maximum Gasteiger partial charge on any atom is 0.272 e. The molecule has 0 saturated heterocycles. The topological polar surface area (TPSA) is 72.8 Å². The van der Waals surface area contributed by atoms with Crippen molar-refractivity contribution in [3.8, 4) is 11.5 Å². The minimum atomic E-state index is -1.25. The summed E-state index contributed by atoms with van der Waals surface area (Å²) in [7, 11) is 0. The summed E-state index contributed by atoms with van der Waals surface area (Å²) in [4.78, 5) is 31.2. The molecule has 0 radical (unpaired) electrons. The van der Waals surface area contributed by atoms with Crippen LogP contribution in [-0.4, -0.2) is 34.1 Å². The lowest BCUT2D eigenvalue weighted by molar-refractivity contribution is -0.136. The molecule has 3 aliphatic rings. The molecule has 41 heavy (non-hydrogen) atoms. The Morgan fingerprint density at radius 1 is 0.927 bits per heavy atom. The van der Waals surface area contributed by atoms with E-state index in [1.165, 1.54) is 12.8 Å². The van der Waals surface area contributed by atoms with Gasteiger partial charge in [-0.15, -0.1) is 0 Å². The number of fused-ring (bicyclic) bond motifs is 4. The molecule has 1 atom stereocenters. The van der Waals surface area contributed by atoms with Crippen molar-refractivity contribution in [1.29, 1.82) is 0 Å². The van der Waals surface area contributed by atoms with Crippen LogP contribution >= 0.6 is 0 Å². The van der Waals surface area contributed by atoms with Crippen LogP contribution in [0.1, 0.15) is 65.7 Å². The Hall–Kier alpha value is -4.26. The van der Waals surface area contributed by atoms with Gasteiger partial charge in [0, 0.05) is 23.5 Å². The van der Waals surface area contributed by atoms with Gasteiger partial charge < -0.3 is 24.3 Å². The molecule has 1 aromatic heterocycles. The predicted molar refractivity (Wildman–Crippen MR) is 157 cm³/mol. The average Bonchev–Trinajstić information content (AvgIpc) is 3.51. The number of benzene rings is 3. The van der Waals surface area contributed by atoms with Crippen LogP contribution in [0.5, 0.6) is 11.5 Å². The third-order valence-electron chi connectivity index (χ3n) is 8.97. The first-order valence-corrected chi connectivity index (χ1v) is 14.7. The van der Waals surface area contributed by atoms with Crippen LogP contribution in [0.4, 0.5) is 0 Å². The van der Waals surface area contributed by atoms with E-state index >= 15 is 0 Å². The minimum absolute atomic E-state index is 0.0955. The molecule has 1 fully saturated rings. The Balaban J connectivity index is 1.40. The molecule has 7 heteroatoms. The van der Waals surface area contributed by atoms with Gasteiger partial charge in [0.15, 0.2) is 17.0 Å². The number of aryl methyl sites for hydroxylation is 1. The maximum atomic E-state index is 14.8. The highest BCUT2D eigenvalue weighted by molar-refractivity contribution is 6.04. The molecule has 3 heterocycles. The smallest absolute Gasteiger partial charge is 0.272 e. The van der Waals surface area contributed by atoms with Crippen LogP contribution < -0.4 is 14.8 Å². The number of aromatic nitrogens is 1. The molecule has 210 valence electrons. The lowest BCUT2D eigenvalue weighted by Crippen LogP contribution is -2.63. The van der Waals surface area contributed by atoms with Crippen molar-refractivity contribution < 1.29 is 19.1 Å². The summed E-state index contributed by atoms with van der Waals surface area (Å²) < 4.78 is 13.2. The molecule has 1 saturated carbocycles. The molecule has 1 N–H and O–H groups in total. The molecular weight excluding hydrogens is 514 g/mol. The Kier molecular flexibility index (Phi) is 6.45. The molecule has 2 aliphatic heterocycles. The molecule has 7 rings (SSSR count). The summed E-state index contributed by atoms with van der Waals surface area (Å²) in [6, 6.07) is 23.8. The monoisotopic (exact) mass is 549 g/mol. The molecule has 4 aromatic rings. The van der Waals surface area contributed by atoms with Gasteiger partial charge in [0.1, 0.15) is 5.69 Å². The summed E-state index contributed by atoms with van der Waals surface area (Å²) >= 11 is 0. The van der Waals surface area contributed by atoms with E-state index in [2.05, 4.69) is 35.0 Å². The fourth-order valence-electron chi connectivity index (χ4n) is 6.78. The molecular formula is C34H35N3O4. The van der Waals surface area contributed by atoms with E-state index in [-0.39, 0.29) is 31.2 Å². The third kappa shape index (κ3) is 4.44. The molecule has 2 amide bonds. The summed E-state index contributed by atoms with van der Waals surface area (Å²) in [6.45, 7) is 2.81.